The molecular weight excluding hydrogens is 332 g/mol. The molecule has 0 atom stereocenters. The summed E-state index contributed by atoms with van der Waals surface area (Å²) in [5, 5.41) is 5.68. The number of benzene rings is 1. The number of hydrogen-bond acceptors (Lipinski definition) is 3. The lowest BCUT2D eigenvalue weighted by atomic mass is 9.89. The highest BCUT2D eigenvalue weighted by Crippen LogP contribution is 2.23. The van der Waals surface area contributed by atoms with Gasteiger partial charge in [-0.2, -0.15) is 0 Å². The molecule has 130 valence electrons. The molecule has 1 fully saturated rings. The van der Waals surface area contributed by atoms with Crippen LogP contribution in [0.3, 0.4) is 0 Å². The van der Waals surface area contributed by atoms with E-state index in [1.54, 1.807) is 24.3 Å². The number of carbonyl (C=O) groups is 3. The maximum Gasteiger partial charge on any atom is 0.337 e. The van der Waals surface area contributed by atoms with Crippen LogP contribution in [0.2, 0.25) is 5.02 Å². The fourth-order valence-electron chi connectivity index (χ4n) is 2.54. The number of nitrogens with one attached hydrogen (secondary N) is 4. The first-order chi connectivity index (χ1) is 11.5. The van der Waals surface area contributed by atoms with Crippen molar-refractivity contribution in [1.29, 1.82) is 0 Å². The lowest BCUT2D eigenvalue weighted by Gasteiger charge is -2.20. The van der Waals surface area contributed by atoms with Gasteiger partial charge in [0.1, 0.15) is 0 Å². The second-order valence-corrected chi connectivity index (χ2v) is 6.12. The number of hydrazine groups is 1. The summed E-state index contributed by atoms with van der Waals surface area (Å²) < 4.78 is 0. The standard InChI is InChI=1S/C16H21ClN4O3/c17-12-6-8-13(9-7-12)19-16(24)21-20-14(22)10-18-15(23)11-4-2-1-3-5-11/h6-9,11H,1-5,10H2,(H,18,23)(H,20,22)(H2,19,21,24). The maximum atomic E-state index is 11.9. The minimum Gasteiger partial charge on any atom is -0.347 e. The molecule has 1 aromatic carbocycles. The van der Waals surface area contributed by atoms with E-state index in [0.29, 0.717) is 10.7 Å². The molecule has 2 rings (SSSR count). The van der Waals surface area contributed by atoms with E-state index in [4.69, 9.17) is 11.6 Å². The summed E-state index contributed by atoms with van der Waals surface area (Å²) in [5.41, 5.74) is 4.98. The molecule has 4 amide bonds. The highest BCUT2D eigenvalue weighted by atomic mass is 35.5. The first-order valence-corrected chi connectivity index (χ1v) is 8.31. The van der Waals surface area contributed by atoms with Gasteiger partial charge >= 0.3 is 6.03 Å². The Labute approximate surface area is 145 Å². The SMILES string of the molecule is O=C(CNC(=O)C1CCCCC1)NNC(=O)Nc1ccc(Cl)cc1. The third kappa shape index (κ3) is 6.08. The van der Waals surface area contributed by atoms with E-state index in [1.807, 2.05) is 0 Å². The summed E-state index contributed by atoms with van der Waals surface area (Å²) in [5.74, 6) is -0.603. The van der Waals surface area contributed by atoms with Crippen molar-refractivity contribution in [2.24, 2.45) is 5.92 Å². The van der Waals surface area contributed by atoms with Gasteiger partial charge in [0.25, 0.3) is 5.91 Å². The largest absolute Gasteiger partial charge is 0.347 e. The Morgan fingerprint density at radius 1 is 1.00 bits per heavy atom. The van der Waals surface area contributed by atoms with Crippen LogP contribution in [0.5, 0.6) is 0 Å². The van der Waals surface area contributed by atoms with Gasteiger partial charge in [-0.1, -0.05) is 30.9 Å². The topological polar surface area (TPSA) is 99.3 Å². The molecule has 0 bridgehead atoms. The molecule has 4 N–H and O–H groups in total. The third-order valence-corrected chi connectivity index (χ3v) is 4.07. The molecule has 0 spiro atoms. The first kappa shape index (κ1) is 18.1. The van der Waals surface area contributed by atoms with E-state index in [-0.39, 0.29) is 18.4 Å². The van der Waals surface area contributed by atoms with E-state index in [2.05, 4.69) is 21.5 Å². The van der Waals surface area contributed by atoms with Crippen LogP contribution < -0.4 is 21.5 Å². The zero-order valence-corrected chi connectivity index (χ0v) is 14.0. The number of carbonyl (C=O) groups excluding carboxylic acids is 3. The molecule has 8 heteroatoms. The Morgan fingerprint density at radius 2 is 1.67 bits per heavy atom. The molecule has 0 heterocycles. The molecule has 0 aromatic heterocycles. The van der Waals surface area contributed by atoms with Gasteiger partial charge in [0.05, 0.1) is 6.54 Å². The number of anilines is 1. The molecule has 0 saturated heterocycles. The van der Waals surface area contributed by atoms with Crippen molar-refractivity contribution in [3.63, 3.8) is 0 Å². The van der Waals surface area contributed by atoms with E-state index < -0.39 is 11.9 Å². The van der Waals surface area contributed by atoms with Crippen LogP contribution in [0.15, 0.2) is 24.3 Å². The molecule has 0 radical (unpaired) electrons. The second kappa shape index (κ2) is 9.12. The molecule has 0 aliphatic heterocycles. The van der Waals surface area contributed by atoms with Crippen molar-refractivity contribution < 1.29 is 14.4 Å². The van der Waals surface area contributed by atoms with Gasteiger partial charge in [0.15, 0.2) is 0 Å². The number of amides is 4. The fraction of sp³-hybridized carbons (Fsp3) is 0.438. The minimum absolute atomic E-state index is 0.00675. The average Bonchev–Trinajstić information content (AvgIpc) is 2.60. The molecule has 1 saturated carbocycles. The van der Waals surface area contributed by atoms with Gasteiger partial charge in [-0.05, 0) is 37.1 Å². The Balaban J connectivity index is 1.64. The molecule has 24 heavy (non-hydrogen) atoms. The molecule has 1 aliphatic carbocycles. The summed E-state index contributed by atoms with van der Waals surface area (Å²) in [4.78, 5) is 35.2. The number of urea groups is 1. The van der Waals surface area contributed by atoms with Crippen molar-refractivity contribution in [1.82, 2.24) is 16.2 Å². The molecule has 7 nitrogen and oxygen atoms in total. The van der Waals surface area contributed by atoms with Gasteiger partial charge in [0, 0.05) is 16.6 Å². The van der Waals surface area contributed by atoms with Gasteiger partial charge in [-0.15, -0.1) is 0 Å². The normalized spacial score (nSPS) is 14.5. The summed E-state index contributed by atoms with van der Waals surface area (Å²) in [6, 6.07) is 5.94. The Hall–Kier alpha value is -2.28. The van der Waals surface area contributed by atoms with Gasteiger partial charge in [-0.3, -0.25) is 15.0 Å². The van der Waals surface area contributed by atoms with Crippen LogP contribution >= 0.6 is 11.6 Å². The summed E-state index contributed by atoms with van der Waals surface area (Å²) >= 11 is 5.75. The first-order valence-electron chi connectivity index (χ1n) is 7.94. The summed E-state index contributed by atoms with van der Waals surface area (Å²) in [6.07, 6.45) is 5.01. The fourth-order valence-corrected chi connectivity index (χ4v) is 2.67. The lowest BCUT2D eigenvalue weighted by molar-refractivity contribution is -0.129. The quantitative estimate of drug-likeness (QED) is 0.625. The van der Waals surface area contributed by atoms with Gasteiger partial charge in [-0.25, -0.2) is 10.2 Å². The number of halogens is 1. The van der Waals surface area contributed by atoms with Crippen molar-refractivity contribution in [2.45, 2.75) is 32.1 Å². The van der Waals surface area contributed by atoms with Crippen molar-refractivity contribution in [3.05, 3.63) is 29.3 Å². The van der Waals surface area contributed by atoms with E-state index in [9.17, 15) is 14.4 Å². The Morgan fingerprint density at radius 3 is 2.33 bits per heavy atom. The zero-order chi connectivity index (χ0) is 17.4. The van der Waals surface area contributed by atoms with E-state index >= 15 is 0 Å². The Bertz CT molecular complexity index is 585. The van der Waals surface area contributed by atoms with Gasteiger partial charge < -0.3 is 10.6 Å². The molecule has 1 aromatic rings. The average molecular weight is 353 g/mol. The Kier molecular flexibility index (Phi) is 6.87. The lowest BCUT2D eigenvalue weighted by Crippen LogP contribution is -2.48. The predicted molar refractivity (Wildman–Crippen MR) is 91.3 cm³/mol. The van der Waals surface area contributed by atoms with E-state index in [1.165, 1.54) is 0 Å². The molecular formula is C16H21ClN4O3. The monoisotopic (exact) mass is 352 g/mol. The number of rotatable bonds is 4. The van der Waals surface area contributed by atoms with Crippen LogP contribution in [0.1, 0.15) is 32.1 Å². The van der Waals surface area contributed by atoms with Crippen molar-refractivity contribution in [2.75, 3.05) is 11.9 Å². The van der Waals surface area contributed by atoms with Crippen LogP contribution in [0, 0.1) is 5.92 Å². The summed E-state index contributed by atoms with van der Waals surface area (Å²) in [6.45, 7) is -0.170. The van der Waals surface area contributed by atoms with Crippen molar-refractivity contribution >= 4 is 35.1 Å². The van der Waals surface area contributed by atoms with Crippen LogP contribution in [-0.4, -0.2) is 24.4 Å². The second-order valence-electron chi connectivity index (χ2n) is 5.69. The number of hydrogen-bond donors (Lipinski definition) is 4. The van der Waals surface area contributed by atoms with E-state index in [0.717, 1.165) is 32.1 Å². The minimum atomic E-state index is -0.593. The molecule has 1 aliphatic rings. The predicted octanol–water partition coefficient (Wildman–Crippen LogP) is 2.19. The highest BCUT2D eigenvalue weighted by Gasteiger charge is 2.21. The smallest absolute Gasteiger partial charge is 0.337 e. The third-order valence-electron chi connectivity index (χ3n) is 3.82. The van der Waals surface area contributed by atoms with Gasteiger partial charge in [0.2, 0.25) is 5.91 Å². The van der Waals surface area contributed by atoms with Crippen LogP contribution in [0.4, 0.5) is 10.5 Å². The highest BCUT2D eigenvalue weighted by molar-refractivity contribution is 6.30. The summed E-state index contributed by atoms with van der Waals surface area (Å²) in [7, 11) is 0. The van der Waals surface area contributed by atoms with Crippen LogP contribution in [-0.2, 0) is 9.59 Å². The maximum absolute atomic E-state index is 11.9. The van der Waals surface area contributed by atoms with Crippen molar-refractivity contribution in [3.8, 4) is 0 Å². The van der Waals surface area contributed by atoms with Crippen LogP contribution in [0.25, 0.3) is 0 Å². The zero-order valence-electron chi connectivity index (χ0n) is 13.2. The molecule has 0 unspecified atom stereocenters.